The SMILES string of the molecule is CC(C)C(N)c1nc(-c2nccn2C)no1. The Bertz CT molecular complexity index is 473. The molecular weight excluding hydrogens is 206 g/mol. The number of imidazole rings is 1. The fourth-order valence-corrected chi connectivity index (χ4v) is 1.33. The lowest BCUT2D eigenvalue weighted by atomic mass is 10.1. The van der Waals surface area contributed by atoms with E-state index in [1.54, 1.807) is 6.20 Å². The van der Waals surface area contributed by atoms with Crippen molar-refractivity contribution < 1.29 is 4.52 Å². The third-order valence-corrected chi connectivity index (χ3v) is 2.47. The van der Waals surface area contributed by atoms with Crippen LogP contribution in [0.3, 0.4) is 0 Å². The molecule has 0 amide bonds. The Morgan fingerprint density at radius 1 is 1.44 bits per heavy atom. The van der Waals surface area contributed by atoms with Gasteiger partial charge >= 0.3 is 0 Å². The van der Waals surface area contributed by atoms with Crippen LogP contribution in [-0.4, -0.2) is 19.7 Å². The molecule has 0 saturated heterocycles. The zero-order valence-corrected chi connectivity index (χ0v) is 9.58. The van der Waals surface area contributed by atoms with Crippen LogP contribution in [0.4, 0.5) is 0 Å². The van der Waals surface area contributed by atoms with Crippen LogP contribution >= 0.6 is 0 Å². The second-order valence-corrected chi connectivity index (χ2v) is 4.09. The summed E-state index contributed by atoms with van der Waals surface area (Å²) in [5.41, 5.74) is 5.92. The molecule has 16 heavy (non-hydrogen) atoms. The highest BCUT2D eigenvalue weighted by molar-refractivity contribution is 5.42. The Morgan fingerprint density at radius 3 is 2.75 bits per heavy atom. The summed E-state index contributed by atoms with van der Waals surface area (Å²) in [6, 6.07) is -0.235. The van der Waals surface area contributed by atoms with Gasteiger partial charge in [0.25, 0.3) is 0 Å². The largest absolute Gasteiger partial charge is 0.337 e. The van der Waals surface area contributed by atoms with Gasteiger partial charge in [-0.2, -0.15) is 4.98 Å². The average Bonchev–Trinajstić information content (AvgIpc) is 2.84. The first kappa shape index (κ1) is 10.8. The van der Waals surface area contributed by atoms with Gasteiger partial charge in [-0.25, -0.2) is 4.98 Å². The summed E-state index contributed by atoms with van der Waals surface area (Å²) in [6.45, 7) is 4.02. The monoisotopic (exact) mass is 221 g/mol. The minimum absolute atomic E-state index is 0.235. The summed E-state index contributed by atoms with van der Waals surface area (Å²) < 4.78 is 6.96. The van der Waals surface area contributed by atoms with Crippen LogP contribution in [0, 0.1) is 5.92 Å². The lowest BCUT2D eigenvalue weighted by Crippen LogP contribution is -2.16. The summed E-state index contributed by atoms with van der Waals surface area (Å²) in [7, 11) is 1.88. The predicted octanol–water partition coefficient (Wildman–Crippen LogP) is 1.13. The maximum absolute atomic E-state index is 5.92. The van der Waals surface area contributed by atoms with E-state index in [0.717, 1.165) is 0 Å². The molecule has 0 aliphatic heterocycles. The Balaban J connectivity index is 2.30. The van der Waals surface area contributed by atoms with Gasteiger partial charge in [0, 0.05) is 19.4 Å². The molecule has 0 aliphatic carbocycles. The van der Waals surface area contributed by atoms with Crippen LogP contribution in [0.5, 0.6) is 0 Å². The molecule has 6 heteroatoms. The van der Waals surface area contributed by atoms with Crippen molar-refractivity contribution in [3.63, 3.8) is 0 Å². The van der Waals surface area contributed by atoms with E-state index < -0.39 is 0 Å². The third-order valence-electron chi connectivity index (χ3n) is 2.47. The summed E-state index contributed by atoms with van der Waals surface area (Å²) in [6.07, 6.45) is 3.52. The van der Waals surface area contributed by atoms with Crippen molar-refractivity contribution in [1.82, 2.24) is 19.7 Å². The van der Waals surface area contributed by atoms with E-state index in [4.69, 9.17) is 10.3 Å². The fraction of sp³-hybridized carbons (Fsp3) is 0.500. The molecule has 2 aromatic heterocycles. The zero-order chi connectivity index (χ0) is 11.7. The molecule has 86 valence electrons. The molecule has 6 nitrogen and oxygen atoms in total. The van der Waals surface area contributed by atoms with E-state index in [2.05, 4.69) is 15.1 Å². The van der Waals surface area contributed by atoms with Crippen LogP contribution < -0.4 is 5.73 Å². The molecule has 0 bridgehead atoms. The summed E-state index contributed by atoms with van der Waals surface area (Å²) in [5, 5.41) is 3.87. The highest BCUT2D eigenvalue weighted by Crippen LogP contribution is 2.19. The predicted molar refractivity (Wildman–Crippen MR) is 58.3 cm³/mol. The molecule has 0 fully saturated rings. The molecule has 1 atom stereocenters. The maximum Gasteiger partial charge on any atom is 0.244 e. The Labute approximate surface area is 93.5 Å². The Morgan fingerprint density at radius 2 is 2.19 bits per heavy atom. The summed E-state index contributed by atoms with van der Waals surface area (Å²) in [4.78, 5) is 8.39. The lowest BCUT2D eigenvalue weighted by molar-refractivity contribution is 0.325. The first-order chi connectivity index (χ1) is 7.59. The van der Waals surface area contributed by atoms with Crippen molar-refractivity contribution in [2.45, 2.75) is 19.9 Å². The molecule has 2 aromatic rings. The molecular formula is C10H15N5O. The minimum atomic E-state index is -0.235. The van der Waals surface area contributed by atoms with Gasteiger partial charge in [-0.3, -0.25) is 0 Å². The normalized spacial score (nSPS) is 13.3. The molecule has 2 rings (SSSR count). The Hall–Kier alpha value is -1.69. The van der Waals surface area contributed by atoms with Crippen molar-refractivity contribution in [2.75, 3.05) is 0 Å². The quantitative estimate of drug-likeness (QED) is 0.839. The molecule has 2 N–H and O–H groups in total. The van der Waals surface area contributed by atoms with Crippen LogP contribution in [0.25, 0.3) is 11.6 Å². The van der Waals surface area contributed by atoms with Gasteiger partial charge in [-0.15, -0.1) is 0 Å². The summed E-state index contributed by atoms with van der Waals surface area (Å²) >= 11 is 0. The van der Waals surface area contributed by atoms with E-state index in [1.165, 1.54) is 0 Å². The van der Waals surface area contributed by atoms with Gasteiger partial charge in [0.1, 0.15) is 0 Å². The molecule has 1 unspecified atom stereocenters. The first-order valence-electron chi connectivity index (χ1n) is 5.16. The van der Waals surface area contributed by atoms with Gasteiger partial charge in [0.15, 0.2) is 5.82 Å². The van der Waals surface area contributed by atoms with E-state index in [1.807, 2.05) is 31.7 Å². The number of rotatable bonds is 3. The van der Waals surface area contributed by atoms with Crippen molar-refractivity contribution in [3.8, 4) is 11.6 Å². The van der Waals surface area contributed by atoms with E-state index in [0.29, 0.717) is 17.5 Å². The number of hydrogen-bond acceptors (Lipinski definition) is 5. The molecule has 0 saturated carbocycles. The van der Waals surface area contributed by atoms with Gasteiger partial charge in [0.05, 0.1) is 6.04 Å². The van der Waals surface area contributed by atoms with Crippen molar-refractivity contribution in [3.05, 3.63) is 18.3 Å². The van der Waals surface area contributed by atoms with Crippen LogP contribution in [-0.2, 0) is 7.05 Å². The van der Waals surface area contributed by atoms with Gasteiger partial charge in [0.2, 0.25) is 11.7 Å². The molecule has 0 aromatic carbocycles. The van der Waals surface area contributed by atoms with Crippen molar-refractivity contribution in [2.24, 2.45) is 18.7 Å². The van der Waals surface area contributed by atoms with Crippen LogP contribution in [0.1, 0.15) is 25.8 Å². The maximum atomic E-state index is 5.92. The number of nitrogens with zero attached hydrogens (tertiary/aromatic N) is 4. The molecule has 0 radical (unpaired) electrons. The summed E-state index contributed by atoms with van der Waals surface area (Å²) in [5.74, 6) is 1.85. The third kappa shape index (κ3) is 1.83. The van der Waals surface area contributed by atoms with Crippen LogP contribution in [0.2, 0.25) is 0 Å². The van der Waals surface area contributed by atoms with Crippen LogP contribution in [0.15, 0.2) is 16.9 Å². The molecule has 0 spiro atoms. The average molecular weight is 221 g/mol. The second-order valence-electron chi connectivity index (χ2n) is 4.09. The second kappa shape index (κ2) is 4.05. The number of nitrogens with two attached hydrogens (primary N) is 1. The molecule has 2 heterocycles. The van der Waals surface area contributed by atoms with E-state index in [-0.39, 0.29) is 12.0 Å². The standard InChI is InChI=1S/C10H15N5O/c1-6(2)7(11)10-13-8(14-16-10)9-12-4-5-15(9)3/h4-7H,11H2,1-3H3. The number of aryl methyl sites for hydroxylation is 1. The topological polar surface area (TPSA) is 82.8 Å². The van der Waals surface area contributed by atoms with E-state index in [9.17, 15) is 0 Å². The Kier molecular flexibility index (Phi) is 2.74. The van der Waals surface area contributed by atoms with Gasteiger partial charge in [-0.05, 0) is 5.92 Å². The van der Waals surface area contributed by atoms with E-state index >= 15 is 0 Å². The minimum Gasteiger partial charge on any atom is -0.337 e. The first-order valence-corrected chi connectivity index (χ1v) is 5.16. The number of hydrogen-bond donors (Lipinski definition) is 1. The highest BCUT2D eigenvalue weighted by Gasteiger charge is 2.19. The number of aromatic nitrogens is 4. The van der Waals surface area contributed by atoms with Crippen molar-refractivity contribution >= 4 is 0 Å². The molecule has 0 aliphatic rings. The highest BCUT2D eigenvalue weighted by atomic mass is 16.5. The lowest BCUT2D eigenvalue weighted by Gasteiger charge is -2.09. The zero-order valence-electron chi connectivity index (χ0n) is 9.58. The van der Waals surface area contributed by atoms with Gasteiger partial charge in [-0.1, -0.05) is 19.0 Å². The van der Waals surface area contributed by atoms with Crippen molar-refractivity contribution in [1.29, 1.82) is 0 Å². The van der Waals surface area contributed by atoms with Gasteiger partial charge < -0.3 is 14.8 Å². The smallest absolute Gasteiger partial charge is 0.244 e. The fourth-order valence-electron chi connectivity index (χ4n) is 1.33.